The van der Waals surface area contributed by atoms with Crippen molar-refractivity contribution in [3.63, 3.8) is 0 Å². The third-order valence-electron chi connectivity index (χ3n) is 4.24. The summed E-state index contributed by atoms with van der Waals surface area (Å²) in [6.45, 7) is 4.26. The zero-order valence-corrected chi connectivity index (χ0v) is 13.3. The molecule has 1 aromatic carbocycles. The average Bonchev–Trinajstić information content (AvgIpc) is 2.90. The zero-order valence-electron chi connectivity index (χ0n) is 12.5. The third kappa shape index (κ3) is 2.22. The second kappa shape index (κ2) is 5.03. The Balaban J connectivity index is 2.07. The van der Waals surface area contributed by atoms with Crippen LogP contribution < -0.4 is 10.1 Å². The van der Waals surface area contributed by atoms with E-state index in [2.05, 4.69) is 11.4 Å². The second-order valence-electron chi connectivity index (χ2n) is 5.40. The highest BCUT2D eigenvalue weighted by Gasteiger charge is 2.39. The molecule has 2 aliphatic heterocycles. The lowest BCUT2D eigenvalue weighted by molar-refractivity contribution is 0.409. The lowest BCUT2D eigenvalue weighted by Gasteiger charge is -2.31. The first kappa shape index (κ1) is 14.4. The van der Waals surface area contributed by atoms with Gasteiger partial charge in [0.25, 0.3) is 0 Å². The maximum absolute atomic E-state index is 12.2. The first-order valence-corrected chi connectivity index (χ1v) is 8.73. The van der Waals surface area contributed by atoms with Gasteiger partial charge in [0.15, 0.2) is 0 Å². The summed E-state index contributed by atoms with van der Waals surface area (Å²) in [4.78, 5) is 0. The number of hydrogen-bond acceptors (Lipinski definition) is 4. The topological polar surface area (TPSA) is 58.6 Å². The Morgan fingerprint density at radius 1 is 1.43 bits per heavy atom. The van der Waals surface area contributed by atoms with Crippen LogP contribution in [0.4, 0.5) is 5.69 Å². The number of nitrogens with zero attached hydrogens (tertiary/aromatic N) is 1. The Bertz CT molecular complexity index is 710. The monoisotopic (exact) mass is 308 g/mol. The Morgan fingerprint density at radius 3 is 2.86 bits per heavy atom. The lowest BCUT2D eigenvalue weighted by Crippen LogP contribution is -2.42. The van der Waals surface area contributed by atoms with Crippen LogP contribution in [0.25, 0.3) is 6.08 Å². The number of benzene rings is 1. The standard InChI is InChI=1S/C15H20N2O3S/c1-4-21(18,19)17-8-7-11-9-12-10(2)5-6-13(20-3)14(12)16-15(11)17/h5-6,9,15-16H,4,7-8H2,1-3H3. The van der Waals surface area contributed by atoms with Crippen molar-refractivity contribution in [2.24, 2.45) is 0 Å². The molecule has 6 heteroatoms. The van der Waals surface area contributed by atoms with E-state index in [0.717, 1.165) is 34.6 Å². The molecule has 0 saturated carbocycles. The van der Waals surface area contributed by atoms with Crippen LogP contribution in [0.5, 0.6) is 5.75 Å². The molecular weight excluding hydrogens is 288 g/mol. The predicted molar refractivity (Wildman–Crippen MR) is 83.9 cm³/mol. The molecule has 1 unspecified atom stereocenters. The van der Waals surface area contributed by atoms with Gasteiger partial charge in [0.05, 0.1) is 18.6 Å². The molecule has 0 bridgehead atoms. The number of methoxy groups -OCH3 is 1. The van der Waals surface area contributed by atoms with Gasteiger partial charge in [-0.1, -0.05) is 6.07 Å². The summed E-state index contributed by atoms with van der Waals surface area (Å²) in [7, 11) is -1.59. The van der Waals surface area contributed by atoms with Crippen molar-refractivity contribution in [3.05, 3.63) is 28.8 Å². The molecule has 21 heavy (non-hydrogen) atoms. The molecule has 114 valence electrons. The normalized spacial score (nSPS) is 21.3. The van der Waals surface area contributed by atoms with E-state index in [0.29, 0.717) is 6.54 Å². The number of nitrogens with one attached hydrogen (secondary N) is 1. The van der Waals surface area contributed by atoms with Crippen molar-refractivity contribution < 1.29 is 13.2 Å². The molecule has 0 radical (unpaired) electrons. The van der Waals surface area contributed by atoms with Gasteiger partial charge in [-0.2, -0.15) is 4.31 Å². The molecule has 2 heterocycles. The summed E-state index contributed by atoms with van der Waals surface area (Å²) in [5, 5.41) is 3.36. The molecule has 3 rings (SSSR count). The van der Waals surface area contributed by atoms with Crippen LogP contribution in [0.1, 0.15) is 24.5 Å². The Kier molecular flexibility index (Phi) is 3.45. The van der Waals surface area contributed by atoms with E-state index >= 15 is 0 Å². The SMILES string of the molecule is CCS(=O)(=O)N1CCC2=Cc3c(C)ccc(OC)c3NC21. The Labute approximate surface area is 125 Å². The number of fused-ring (bicyclic) bond motifs is 2. The highest BCUT2D eigenvalue weighted by atomic mass is 32.2. The Morgan fingerprint density at radius 2 is 2.19 bits per heavy atom. The molecule has 0 spiro atoms. The summed E-state index contributed by atoms with van der Waals surface area (Å²) in [6.07, 6.45) is 2.60. The van der Waals surface area contributed by atoms with Crippen molar-refractivity contribution in [2.45, 2.75) is 26.4 Å². The van der Waals surface area contributed by atoms with Gasteiger partial charge in [-0.25, -0.2) is 8.42 Å². The van der Waals surface area contributed by atoms with Gasteiger partial charge in [-0.05, 0) is 43.5 Å². The van der Waals surface area contributed by atoms with E-state index < -0.39 is 10.0 Å². The van der Waals surface area contributed by atoms with Gasteiger partial charge in [0.2, 0.25) is 10.0 Å². The number of aryl methyl sites for hydroxylation is 1. The van der Waals surface area contributed by atoms with Gasteiger partial charge in [0.1, 0.15) is 11.9 Å². The van der Waals surface area contributed by atoms with E-state index in [9.17, 15) is 8.42 Å². The molecule has 1 saturated heterocycles. The maximum atomic E-state index is 12.2. The average molecular weight is 308 g/mol. The number of ether oxygens (including phenoxy) is 1. The molecule has 1 fully saturated rings. The summed E-state index contributed by atoms with van der Waals surface area (Å²) >= 11 is 0. The fraction of sp³-hybridized carbons (Fsp3) is 0.467. The minimum absolute atomic E-state index is 0.121. The molecule has 2 aliphatic rings. The molecule has 1 N–H and O–H groups in total. The smallest absolute Gasteiger partial charge is 0.215 e. The Hall–Kier alpha value is -1.53. The molecule has 0 aliphatic carbocycles. The molecule has 1 atom stereocenters. The second-order valence-corrected chi connectivity index (χ2v) is 7.61. The van der Waals surface area contributed by atoms with Crippen molar-refractivity contribution in [1.29, 1.82) is 0 Å². The number of hydrogen-bond donors (Lipinski definition) is 1. The quantitative estimate of drug-likeness (QED) is 0.930. The first-order chi connectivity index (χ1) is 9.97. The minimum atomic E-state index is -3.21. The number of sulfonamides is 1. The van der Waals surface area contributed by atoms with E-state index in [4.69, 9.17) is 4.74 Å². The third-order valence-corrected chi connectivity index (χ3v) is 6.08. The summed E-state index contributed by atoms with van der Waals surface area (Å²) in [5.74, 6) is 0.864. The molecular formula is C15H20N2O3S. The number of rotatable bonds is 3. The molecule has 0 amide bonds. The van der Waals surface area contributed by atoms with Crippen LogP contribution in [0.3, 0.4) is 0 Å². The highest BCUT2D eigenvalue weighted by molar-refractivity contribution is 7.89. The van der Waals surface area contributed by atoms with E-state index in [1.54, 1.807) is 18.3 Å². The van der Waals surface area contributed by atoms with Crippen LogP contribution in [-0.4, -0.2) is 38.3 Å². The van der Waals surface area contributed by atoms with E-state index in [1.807, 2.05) is 19.1 Å². The largest absolute Gasteiger partial charge is 0.495 e. The zero-order chi connectivity index (χ0) is 15.2. The van der Waals surface area contributed by atoms with Gasteiger partial charge >= 0.3 is 0 Å². The van der Waals surface area contributed by atoms with Crippen molar-refractivity contribution in [1.82, 2.24) is 4.31 Å². The fourth-order valence-electron chi connectivity index (χ4n) is 3.00. The van der Waals surface area contributed by atoms with E-state index in [-0.39, 0.29) is 11.9 Å². The van der Waals surface area contributed by atoms with Crippen LogP contribution in [0, 0.1) is 6.92 Å². The first-order valence-electron chi connectivity index (χ1n) is 7.12. The lowest BCUT2D eigenvalue weighted by atomic mass is 9.97. The number of anilines is 1. The fourth-order valence-corrected chi connectivity index (χ4v) is 4.21. The van der Waals surface area contributed by atoms with Crippen molar-refractivity contribution >= 4 is 21.8 Å². The summed E-state index contributed by atoms with van der Waals surface area (Å²) < 4.78 is 31.4. The highest BCUT2D eigenvalue weighted by Crippen LogP contribution is 2.41. The summed E-state index contributed by atoms with van der Waals surface area (Å²) in [5.41, 5.74) is 4.25. The maximum Gasteiger partial charge on any atom is 0.215 e. The van der Waals surface area contributed by atoms with Gasteiger partial charge in [0, 0.05) is 12.1 Å². The molecule has 5 nitrogen and oxygen atoms in total. The van der Waals surface area contributed by atoms with Gasteiger partial charge in [-0.15, -0.1) is 0 Å². The van der Waals surface area contributed by atoms with Crippen LogP contribution >= 0.6 is 0 Å². The van der Waals surface area contributed by atoms with E-state index in [1.165, 1.54) is 0 Å². The van der Waals surface area contributed by atoms with Crippen LogP contribution in [0.15, 0.2) is 17.7 Å². The summed E-state index contributed by atoms with van der Waals surface area (Å²) in [6, 6.07) is 3.93. The van der Waals surface area contributed by atoms with Gasteiger partial charge < -0.3 is 10.1 Å². The van der Waals surface area contributed by atoms with Crippen LogP contribution in [-0.2, 0) is 10.0 Å². The predicted octanol–water partition coefficient (Wildman–Crippen LogP) is 2.19. The van der Waals surface area contributed by atoms with Crippen molar-refractivity contribution in [2.75, 3.05) is 24.7 Å². The van der Waals surface area contributed by atoms with Gasteiger partial charge in [-0.3, -0.25) is 0 Å². The minimum Gasteiger partial charge on any atom is -0.495 e. The van der Waals surface area contributed by atoms with Crippen molar-refractivity contribution in [3.8, 4) is 5.75 Å². The molecule has 0 aromatic heterocycles. The van der Waals surface area contributed by atoms with Crippen LogP contribution in [0.2, 0.25) is 0 Å². The molecule has 1 aromatic rings.